The van der Waals surface area contributed by atoms with Crippen LogP contribution in [0.25, 0.3) is 0 Å². The maximum Gasteiger partial charge on any atom is 0.277 e. The molecule has 1 aromatic heterocycles. The summed E-state index contributed by atoms with van der Waals surface area (Å²) in [5.41, 5.74) is 5.88. The van der Waals surface area contributed by atoms with Gasteiger partial charge in [0.1, 0.15) is 5.69 Å². The number of carbonyl (C=O) groups is 1. The highest BCUT2D eigenvalue weighted by Crippen LogP contribution is 2.33. The third-order valence-electron chi connectivity index (χ3n) is 3.78. The number of carbonyl (C=O) groups excluding carboxylic acids is 1. The number of aromatic amines is 1. The van der Waals surface area contributed by atoms with Crippen LogP contribution in [0.2, 0.25) is 0 Å². The summed E-state index contributed by atoms with van der Waals surface area (Å²) in [7, 11) is 0. The van der Waals surface area contributed by atoms with Crippen molar-refractivity contribution in [2.75, 3.05) is 11.1 Å². The number of hydrogen-bond acceptors (Lipinski definition) is 5. The Balaban J connectivity index is 1.77. The Kier molecular flexibility index (Phi) is 4.66. The molecule has 2 aromatic rings. The van der Waals surface area contributed by atoms with E-state index in [2.05, 4.69) is 15.3 Å². The highest BCUT2D eigenvalue weighted by Gasteiger charge is 2.19. The van der Waals surface area contributed by atoms with Crippen molar-refractivity contribution in [2.45, 2.75) is 36.1 Å². The zero-order chi connectivity index (χ0) is 16.2. The molecule has 3 rings (SSSR count). The molecule has 6 nitrogen and oxygen atoms in total. The molecule has 1 aliphatic rings. The van der Waals surface area contributed by atoms with Crippen LogP contribution in [0.5, 0.6) is 0 Å². The SMILES string of the molecule is Nc1nc(SC2CCCC2)[nH]c(=O)c1NC(=O)c1ccccc1. The van der Waals surface area contributed by atoms with Gasteiger partial charge in [-0.15, -0.1) is 0 Å². The summed E-state index contributed by atoms with van der Waals surface area (Å²) in [4.78, 5) is 31.2. The normalized spacial score (nSPS) is 14.8. The fraction of sp³-hybridized carbons (Fsp3) is 0.312. The molecule has 23 heavy (non-hydrogen) atoms. The second-order valence-electron chi connectivity index (χ2n) is 5.48. The largest absolute Gasteiger partial charge is 0.382 e. The van der Waals surface area contributed by atoms with Gasteiger partial charge in [-0.05, 0) is 25.0 Å². The van der Waals surface area contributed by atoms with Gasteiger partial charge in [0.2, 0.25) is 0 Å². The van der Waals surface area contributed by atoms with E-state index in [1.54, 1.807) is 36.0 Å². The van der Waals surface area contributed by atoms with Crippen molar-refractivity contribution >= 4 is 29.2 Å². The number of thioether (sulfide) groups is 1. The number of hydrogen-bond donors (Lipinski definition) is 3. The predicted octanol–water partition coefficient (Wildman–Crippen LogP) is 2.64. The van der Waals surface area contributed by atoms with Crippen LogP contribution in [0.15, 0.2) is 40.3 Å². The van der Waals surface area contributed by atoms with E-state index in [1.807, 2.05) is 6.07 Å². The van der Waals surface area contributed by atoms with Crippen LogP contribution in [-0.4, -0.2) is 21.1 Å². The van der Waals surface area contributed by atoms with E-state index in [0.29, 0.717) is 16.0 Å². The standard InChI is InChI=1S/C16H18N4O2S/c17-13-12(18-14(21)10-6-2-1-3-7-10)15(22)20-16(19-13)23-11-8-4-5-9-11/h1-3,6-7,11H,4-5,8-9H2,(H,18,21)(H3,17,19,20,22). The van der Waals surface area contributed by atoms with Crippen LogP contribution in [0, 0.1) is 0 Å². The molecule has 7 heteroatoms. The number of aromatic nitrogens is 2. The third-order valence-corrected chi connectivity index (χ3v) is 5.00. The van der Waals surface area contributed by atoms with Gasteiger partial charge in [0, 0.05) is 10.8 Å². The van der Waals surface area contributed by atoms with Gasteiger partial charge in [-0.25, -0.2) is 4.98 Å². The van der Waals surface area contributed by atoms with Crippen molar-refractivity contribution in [1.29, 1.82) is 0 Å². The molecular weight excluding hydrogens is 312 g/mol. The summed E-state index contributed by atoms with van der Waals surface area (Å²) in [6, 6.07) is 8.65. The summed E-state index contributed by atoms with van der Waals surface area (Å²) in [6.45, 7) is 0. The van der Waals surface area contributed by atoms with Gasteiger partial charge in [-0.1, -0.05) is 42.8 Å². The molecule has 1 aromatic carbocycles. The molecule has 0 atom stereocenters. The molecule has 0 aliphatic heterocycles. The molecule has 0 unspecified atom stereocenters. The first-order chi connectivity index (χ1) is 11.1. The Labute approximate surface area is 137 Å². The predicted molar refractivity (Wildman–Crippen MR) is 91.8 cm³/mol. The van der Waals surface area contributed by atoms with E-state index >= 15 is 0 Å². The minimum absolute atomic E-state index is 0.00498. The van der Waals surface area contributed by atoms with Crippen LogP contribution in [-0.2, 0) is 0 Å². The average Bonchev–Trinajstić information content (AvgIpc) is 3.04. The molecule has 4 N–H and O–H groups in total. The van der Waals surface area contributed by atoms with E-state index < -0.39 is 5.56 Å². The van der Waals surface area contributed by atoms with Crippen molar-refractivity contribution in [1.82, 2.24) is 9.97 Å². The smallest absolute Gasteiger partial charge is 0.277 e. The molecule has 1 aliphatic carbocycles. The highest BCUT2D eigenvalue weighted by molar-refractivity contribution is 7.99. The monoisotopic (exact) mass is 330 g/mol. The Morgan fingerprint density at radius 1 is 1.26 bits per heavy atom. The summed E-state index contributed by atoms with van der Waals surface area (Å²) in [5, 5.41) is 3.52. The molecular formula is C16H18N4O2S. The minimum Gasteiger partial charge on any atom is -0.382 e. The van der Waals surface area contributed by atoms with E-state index in [0.717, 1.165) is 12.8 Å². The van der Waals surface area contributed by atoms with E-state index in [1.165, 1.54) is 12.8 Å². The number of nitrogen functional groups attached to an aromatic ring is 1. The Hall–Kier alpha value is -2.28. The molecule has 1 heterocycles. The highest BCUT2D eigenvalue weighted by atomic mass is 32.2. The van der Waals surface area contributed by atoms with Crippen LogP contribution in [0.1, 0.15) is 36.0 Å². The van der Waals surface area contributed by atoms with Crippen molar-refractivity contribution < 1.29 is 4.79 Å². The average molecular weight is 330 g/mol. The lowest BCUT2D eigenvalue weighted by Gasteiger charge is -2.10. The summed E-state index contributed by atoms with van der Waals surface area (Å²) < 4.78 is 0. The Morgan fingerprint density at radius 2 is 1.96 bits per heavy atom. The lowest BCUT2D eigenvalue weighted by atomic mass is 10.2. The molecule has 0 spiro atoms. The third kappa shape index (κ3) is 3.73. The Morgan fingerprint density at radius 3 is 2.61 bits per heavy atom. The lowest BCUT2D eigenvalue weighted by Crippen LogP contribution is -2.23. The molecule has 0 saturated heterocycles. The van der Waals surface area contributed by atoms with Gasteiger partial charge in [-0.2, -0.15) is 0 Å². The van der Waals surface area contributed by atoms with Gasteiger partial charge in [0.25, 0.3) is 11.5 Å². The lowest BCUT2D eigenvalue weighted by molar-refractivity contribution is 0.102. The Bertz CT molecular complexity index is 754. The van der Waals surface area contributed by atoms with Crippen molar-refractivity contribution in [3.8, 4) is 0 Å². The van der Waals surface area contributed by atoms with E-state index in [9.17, 15) is 9.59 Å². The number of H-pyrrole nitrogens is 1. The second-order valence-corrected chi connectivity index (χ2v) is 6.76. The summed E-state index contributed by atoms with van der Waals surface area (Å²) in [5.74, 6) is -0.348. The van der Waals surface area contributed by atoms with Crippen molar-refractivity contribution in [3.63, 3.8) is 0 Å². The molecule has 1 fully saturated rings. The molecule has 120 valence electrons. The zero-order valence-corrected chi connectivity index (χ0v) is 13.4. The van der Waals surface area contributed by atoms with Crippen molar-refractivity contribution in [2.24, 2.45) is 0 Å². The topological polar surface area (TPSA) is 101 Å². The molecule has 1 amide bonds. The number of anilines is 2. The number of benzene rings is 1. The fourth-order valence-corrected chi connectivity index (χ4v) is 3.77. The van der Waals surface area contributed by atoms with Crippen LogP contribution in [0.3, 0.4) is 0 Å². The maximum absolute atomic E-state index is 12.2. The van der Waals surface area contributed by atoms with Crippen LogP contribution in [0.4, 0.5) is 11.5 Å². The fourth-order valence-electron chi connectivity index (χ4n) is 2.59. The van der Waals surface area contributed by atoms with Gasteiger partial charge in [-0.3, -0.25) is 14.6 Å². The van der Waals surface area contributed by atoms with E-state index in [-0.39, 0.29) is 17.4 Å². The van der Waals surface area contributed by atoms with E-state index in [4.69, 9.17) is 5.73 Å². The second kappa shape index (κ2) is 6.87. The van der Waals surface area contributed by atoms with Gasteiger partial charge in [0.05, 0.1) is 0 Å². The van der Waals surface area contributed by atoms with Crippen LogP contribution < -0.4 is 16.6 Å². The number of nitrogens with one attached hydrogen (secondary N) is 2. The first kappa shape index (κ1) is 15.6. The van der Waals surface area contributed by atoms with Gasteiger partial charge in [0.15, 0.2) is 11.0 Å². The van der Waals surface area contributed by atoms with Crippen LogP contribution >= 0.6 is 11.8 Å². The minimum atomic E-state index is -0.428. The van der Waals surface area contributed by atoms with Crippen molar-refractivity contribution in [3.05, 3.63) is 46.2 Å². The summed E-state index contributed by atoms with van der Waals surface area (Å²) in [6.07, 6.45) is 4.67. The number of rotatable bonds is 4. The first-order valence-corrected chi connectivity index (χ1v) is 8.44. The zero-order valence-electron chi connectivity index (χ0n) is 12.5. The quantitative estimate of drug-likeness (QED) is 0.748. The number of nitrogens with zero attached hydrogens (tertiary/aromatic N) is 1. The summed E-state index contributed by atoms with van der Waals surface area (Å²) >= 11 is 1.54. The molecule has 0 radical (unpaired) electrons. The molecule has 1 saturated carbocycles. The van der Waals surface area contributed by atoms with Gasteiger partial charge < -0.3 is 11.1 Å². The number of amides is 1. The maximum atomic E-state index is 12.2. The first-order valence-electron chi connectivity index (χ1n) is 7.56. The number of nitrogens with two attached hydrogens (primary N) is 1. The molecule has 0 bridgehead atoms. The van der Waals surface area contributed by atoms with Gasteiger partial charge >= 0.3 is 0 Å².